The molecule has 1 aromatic heterocycles. The number of rotatable bonds is 4. The van der Waals surface area contributed by atoms with Gasteiger partial charge in [0.05, 0.1) is 22.2 Å². The van der Waals surface area contributed by atoms with Crippen molar-refractivity contribution in [3.63, 3.8) is 0 Å². The van der Waals surface area contributed by atoms with E-state index in [9.17, 15) is 9.59 Å². The molecule has 1 aliphatic heterocycles. The van der Waals surface area contributed by atoms with Gasteiger partial charge in [-0.3, -0.25) is 9.59 Å². The zero-order valence-corrected chi connectivity index (χ0v) is 17.1. The molecule has 0 unspecified atom stereocenters. The first kappa shape index (κ1) is 18.6. The monoisotopic (exact) mass is 393 g/mol. The molecule has 2 aromatic carbocycles. The molecule has 0 N–H and O–H groups in total. The van der Waals surface area contributed by atoms with Gasteiger partial charge in [-0.25, -0.2) is 4.98 Å². The molecular weight excluding hydrogens is 370 g/mol. The number of nitrogens with zero attached hydrogens (tertiary/aromatic N) is 3. The van der Waals surface area contributed by atoms with Gasteiger partial charge < -0.3 is 9.80 Å². The number of anilines is 1. The van der Waals surface area contributed by atoms with Crippen LogP contribution in [0.3, 0.4) is 0 Å². The maximum absolute atomic E-state index is 13.1. The Hall–Kier alpha value is -2.73. The predicted molar refractivity (Wildman–Crippen MR) is 112 cm³/mol. The van der Waals surface area contributed by atoms with Crippen LogP contribution in [0.15, 0.2) is 48.5 Å². The van der Waals surface area contributed by atoms with Gasteiger partial charge in [0.1, 0.15) is 5.01 Å². The molecule has 0 radical (unpaired) electrons. The number of aromatic nitrogens is 1. The molecule has 5 nitrogen and oxygen atoms in total. The van der Waals surface area contributed by atoms with E-state index in [4.69, 9.17) is 0 Å². The van der Waals surface area contributed by atoms with Crippen LogP contribution in [0.25, 0.3) is 10.2 Å². The summed E-state index contributed by atoms with van der Waals surface area (Å²) in [5.74, 6) is -0.325. The number of fused-ring (bicyclic) bond motifs is 1. The number of amides is 2. The minimum atomic E-state index is -0.323. The van der Waals surface area contributed by atoms with E-state index >= 15 is 0 Å². The highest BCUT2D eigenvalue weighted by molar-refractivity contribution is 7.18. The van der Waals surface area contributed by atoms with E-state index in [-0.39, 0.29) is 30.2 Å². The molecule has 6 heteroatoms. The van der Waals surface area contributed by atoms with Crippen LogP contribution >= 0.6 is 11.3 Å². The maximum atomic E-state index is 13.1. The molecule has 28 heavy (non-hydrogen) atoms. The summed E-state index contributed by atoms with van der Waals surface area (Å²) in [6.07, 6.45) is 0.254. The highest BCUT2D eigenvalue weighted by atomic mass is 32.1. The summed E-state index contributed by atoms with van der Waals surface area (Å²) in [5.41, 5.74) is 2.96. The SMILES string of the molecule is Cc1ccc(N2C[C@H](C(=O)N(C)[C@H](C)c3nc4ccccc4s3)CC2=O)cc1. The second-order valence-corrected chi connectivity index (χ2v) is 8.45. The molecule has 0 bridgehead atoms. The molecule has 2 heterocycles. The first-order chi connectivity index (χ1) is 13.4. The lowest BCUT2D eigenvalue weighted by molar-refractivity contribution is -0.136. The van der Waals surface area contributed by atoms with Crippen LogP contribution in [0, 0.1) is 12.8 Å². The van der Waals surface area contributed by atoms with Crippen molar-refractivity contribution in [2.24, 2.45) is 5.92 Å². The van der Waals surface area contributed by atoms with Crippen molar-refractivity contribution in [1.29, 1.82) is 0 Å². The highest BCUT2D eigenvalue weighted by Gasteiger charge is 2.37. The molecule has 4 rings (SSSR count). The number of thiazole rings is 1. The summed E-state index contributed by atoms with van der Waals surface area (Å²) in [7, 11) is 1.80. The van der Waals surface area contributed by atoms with E-state index in [0.29, 0.717) is 6.54 Å². The summed E-state index contributed by atoms with van der Waals surface area (Å²) in [5, 5.41) is 0.914. The predicted octanol–water partition coefficient (Wildman–Crippen LogP) is 4.18. The van der Waals surface area contributed by atoms with E-state index in [2.05, 4.69) is 4.98 Å². The van der Waals surface area contributed by atoms with Crippen molar-refractivity contribution in [3.05, 3.63) is 59.1 Å². The minimum absolute atomic E-state index is 0.00300. The molecule has 3 aromatic rings. The van der Waals surface area contributed by atoms with E-state index in [1.165, 1.54) is 0 Å². The van der Waals surface area contributed by atoms with Gasteiger partial charge >= 0.3 is 0 Å². The summed E-state index contributed by atoms with van der Waals surface area (Å²) in [6, 6.07) is 15.7. The molecule has 1 saturated heterocycles. The molecule has 2 atom stereocenters. The van der Waals surface area contributed by atoms with Crippen LogP contribution in [0.5, 0.6) is 0 Å². The number of hydrogen-bond donors (Lipinski definition) is 0. The fraction of sp³-hybridized carbons (Fsp3) is 0.318. The molecule has 144 valence electrons. The Morgan fingerprint density at radius 3 is 2.64 bits per heavy atom. The number of carbonyl (C=O) groups is 2. The summed E-state index contributed by atoms with van der Waals surface area (Å²) >= 11 is 1.61. The maximum Gasteiger partial charge on any atom is 0.228 e. The standard InChI is InChI=1S/C22H23N3O2S/c1-14-8-10-17(11-9-14)25-13-16(12-20(25)26)22(27)24(3)15(2)21-23-18-6-4-5-7-19(18)28-21/h4-11,15-16H,12-13H2,1-3H3/t15-,16-/m1/s1. The third-order valence-electron chi connectivity index (χ3n) is 5.42. The van der Waals surface area contributed by atoms with E-state index in [1.807, 2.05) is 62.4 Å². The quantitative estimate of drug-likeness (QED) is 0.668. The molecule has 0 spiro atoms. The molecular formula is C22H23N3O2S. The second kappa shape index (κ2) is 7.36. The lowest BCUT2D eigenvalue weighted by atomic mass is 10.1. The van der Waals surface area contributed by atoms with Gasteiger partial charge in [0, 0.05) is 25.7 Å². The van der Waals surface area contributed by atoms with E-state index in [1.54, 1.807) is 28.2 Å². The van der Waals surface area contributed by atoms with Gasteiger partial charge in [-0.15, -0.1) is 11.3 Å². The molecule has 2 amide bonds. The van der Waals surface area contributed by atoms with Gasteiger partial charge in [0.15, 0.2) is 0 Å². The topological polar surface area (TPSA) is 53.5 Å². The van der Waals surface area contributed by atoms with Crippen LogP contribution in [-0.2, 0) is 9.59 Å². The molecule has 0 saturated carbocycles. The first-order valence-electron chi connectivity index (χ1n) is 9.43. The lowest BCUT2D eigenvalue weighted by Crippen LogP contribution is -2.36. The van der Waals surface area contributed by atoms with Crippen LogP contribution in [0.4, 0.5) is 5.69 Å². The highest BCUT2D eigenvalue weighted by Crippen LogP contribution is 2.32. The minimum Gasteiger partial charge on any atom is -0.336 e. The van der Waals surface area contributed by atoms with E-state index in [0.717, 1.165) is 26.5 Å². The van der Waals surface area contributed by atoms with Gasteiger partial charge in [0.25, 0.3) is 0 Å². The van der Waals surface area contributed by atoms with Crippen molar-refractivity contribution in [1.82, 2.24) is 9.88 Å². The Labute approximate surface area is 168 Å². The van der Waals surface area contributed by atoms with Crippen LogP contribution in [0.1, 0.15) is 30.0 Å². The van der Waals surface area contributed by atoms with Crippen LogP contribution in [0.2, 0.25) is 0 Å². The van der Waals surface area contributed by atoms with E-state index < -0.39 is 0 Å². The van der Waals surface area contributed by atoms with Crippen LogP contribution < -0.4 is 4.90 Å². The largest absolute Gasteiger partial charge is 0.336 e. The fourth-order valence-corrected chi connectivity index (χ4v) is 4.62. The zero-order valence-electron chi connectivity index (χ0n) is 16.3. The Balaban J connectivity index is 1.49. The van der Waals surface area contributed by atoms with Crippen molar-refractivity contribution >= 4 is 39.1 Å². The average molecular weight is 394 g/mol. The number of aryl methyl sites for hydroxylation is 1. The van der Waals surface area contributed by atoms with Gasteiger partial charge in [-0.1, -0.05) is 29.8 Å². The fourth-order valence-electron chi connectivity index (χ4n) is 3.56. The Morgan fingerprint density at radius 1 is 1.21 bits per heavy atom. The van der Waals surface area contributed by atoms with Crippen molar-refractivity contribution in [2.45, 2.75) is 26.3 Å². The smallest absolute Gasteiger partial charge is 0.228 e. The van der Waals surface area contributed by atoms with Crippen molar-refractivity contribution in [2.75, 3.05) is 18.5 Å². The third-order valence-corrected chi connectivity index (χ3v) is 6.62. The lowest BCUT2D eigenvalue weighted by Gasteiger charge is -2.26. The number of para-hydroxylation sites is 1. The molecule has 1 fully saturated rings. The Bertz CT molecular complexity index is 995. The average Bonchev–Trinajstić information content (AvgIpc) is 3.30. The number of carbonyl (C=O) groups excluding carboxylic acids is 2. The summed E-state index contributed by atoms with van der Waals surface area (Å²) in [6.45, 7) is 4.43. The molecule has 0 aliphatic carbocycles. The normalized spacial score (nSPS) is 17.9. The Morgan fingerprint density at radius 2 is 1.93 bits per heavy atom. The summed E-state index contributed by atoms with van der Waals surface area (Å²) in [4.78, 5) is 33.7. The van der Waals surface area contributed by atoms with Gasteiger partial charge in [-0.05, 0) is 38.1 Å². The second-order valence-electron chi connectivity index (χ2n) is 7.39. The third kappa shape index (κ3) is 3.40. The van der Waals surface area contributed by atoms with Crippen molar-refractivity contribution < 1.29 is 9.59 Å². The van der Waals surface area contributed by atoms with Gasteiger partial charge in [0.2, 0.25) is 11.8 Å². The molecule has 1 aliphatic rings. The van der Waals surface area contributed by atoms with Crippen LogP contribution in [-0.4, -0.2) is 35.3 Å². The summed E-state index contributed by atoms with van der Waals surface area (Å²) < 4.78 is 1.12. The van der Waals surface area contributed by atoms with Crippen molar-refractivity contribution in [3.8, 4) is 0 Å². The number of benzene rings is 2. The first-order valence-corrected chi connectivity index (χ1v) is 10.2. The number of hydrogen-bond acceptors (Lipinski definition) is 4. The zero-order chi connectivity index (χ0) is 19.8. The Kier molecular flexibility index (Phi) is 4.89. The van der Waals surface area contributed by atoms with Gasteiger partial charge in [-0.2, -0.15) is 0 Å².